The number of benzene rings is 3. The Hall–Kier alpha value is -3.52. The lowest BCUT2D eigenvalue weighted by molar-refractivity contribution is -0.119. The Kier molecular flexibility index (Phi) is 8.54. The molecule has 0 aromatic heterocycles. The minimum Gasteiger partial charge on any atom is -0.494 e. The fourth-order valence-corrected chi connectivity index (χ4v) is 4.70. The first-order valence-electron chi connectivity index (χ1n) is 11.1. The van der Waals surface area contributed by atoms with Crippen molar-refractivity contribution in [1.29, 1.82) is 0 Å². The van der Waals surface area contributed by atoms with Crippen LogP contribution in [0, 0.1) is 13.8 Å². The van der Waals surface area contributed by atoms with Crippen LogP contribution < -0.4 is 19.1 Å². The Morgan fingerprint density at radius 1 is 0.912 bits per heavy atom. The van der Waals surface area contributed by atoms with Crippen molar-refractivity contribution in [2.75, 3.05) is 30.6 Å². The Balaban J connectivity index is 1.73. The third-order valence-corrected chi connectivity index (χ3v) is 6.90. The van der Waals surface area contributed by atoms with Gasteiger partial charge in [0.25, 0.3) is 10.0 Å². The second-order valence-electron chi connectivity index (χ2n) is 7.72. The Labute approximate surface area is 201 Å². The summed E-state index contributed by atoms with van der Waals surface area (Å²) in [6, 6.07) is 20.8. The molecule has 0 saturated heterocycles. The normalized spacial score (nSPS) is 11.0. The molecule has 0 spiro atoms. The second-order valence-corrected chi connectivity index (χ2v) is 9.58. The van der Waals surface area contributed by atoms with Crippen LogP contribution >= 0.6 is 0 Å². The fraction of sp³-hybridized carbons (Fsp3) is 0.269. The molecule has 0 aliphatic rings. The lowest BCUT2D eigenvalue weighted by Gasteiger charge is -2.24. The topological polar surface area (TPSA) is 84.9 Å². The lowest BCUT2D eigenvalue weighted by atomic mass is 10.2. The average Bonchev–Trinajstić information content (AvgIpc) is 2.82. The number of anilines is 1. The summed E-state index contributed by atoms with van der Waals surface area (Å²) in [5, 5.41) is 2.74. The summed E-state index contributed by atoms with van der Waals surface area (Å²) in [4.78, 5) is 12.8. The molecule has 0 aliphatic carbocycles. The first kappa shape index (κ1) is 25.1. The molecule has 8 heteroatoms. The Morgan fingerprint density at radius 3 is 2.24 bits per heavy atom. The summed E-state index contributed by atoms with van der Waals surface area (Å²) >= 11 is 0. The highest BCUT2D eigenvalue weighted by atomic mass is 32.2. The minimum absolute atomic E-state index is 0.114. The molecule has 0 aliphatic heterocycles. The fourth-order valence-electron chi connectivity index (χ4n) is 3.28. The van der Waals surface area contributed by atoms with Crippen LogP contribution in [0.1, 0.15) is 18.1 Å². The molecule has 0 bridgehead atoms. The van der Waals surface area contributed by atoms with Crippen LogP contribution in [-0.2, 0) is 14.8 Å². The largest absolute Gasteiger partial charge is 0.494 e. The predicted octanol–water partition coefficient (Wildman–Crippen LogP) is 4.09. The molecule has 3 aromatic carbocycles. The van der Waals surface area contributed by atoms with E-state index >= 15 is 0 Å². The highest BCUT2D eigenvalue weighted by molar-refractivity contribution is 7.92. The number of hydrogen-bond acceptors (Lipinski definition) is 5. The Morgan fingerprint density at radius 2 is 1.59 bits per heavy atom. The number of sulfonamides is 1. The maximum atomic E-state index is 13.4. The molecule has 0 fully saturated rings. The number of nitrogens with zero attached hydrogens (tertiary/aromatic N) is 1. The zero-order valence-corrected chi connectivity index (χ0v) is 20.5. The van der Waals surface area contributed by atoms with Crippen molar-refractivity contribution in [3.05, 3.63) is 83.9 Å². The standard InChI is InChI=1S/C26H30N2O5S/c1-4-32-23-13-11-22(12-14-23)28(34(30,31)24-15-9-20(2)10-16-24)19-26(29)27-17-18-33-25-8-6-5-7-21(25)3/h5-16H,4,17-19H2,1-3H3,(H,27,29). The van der Waals surface area contributed by atoms with E-state index in [9.17, 15) is 13.2 Å². The van der Waals surface area contributed by atoms with Gasteiger partial charge < -0.3 is 14.8 Å². The van der Waals surface area contributed by atoms with Crippen molar-refractivity contribution in [2.45, 2.75) is 25.7 Å². The van der Waals surface area contributed by atoms with Gasteiger partial charge in [-0.25, -0.2) is 8.42 Å². The molecule has 1 amide bonds. The van der Waals surface area contributed by atoms with Crippen LogP contribution in [-0.4, -0.2) is 40.6 Å². The van der Waals surface area contributed by atoms with Crippen molar-refractivity contribution in [3.8, 4) is 11.5 Å². The highest BCUT2D eigenvalue weighted by Gasteiger charge is 2.27. The smallest absolute Gasteiger partial charge is 0.264 e. The zero-order valence-electron chi connectivity index (χ0n) is 19.7. The molecule has 0 atom stereocenters. The molecule has 1 N–H and O–H groups in total. The van der Waals surface area contributed by atoms with Crippen LogP contribution in [0.5, 0.6) is 11.5 Å². The first-order valence-corrected chi connectivity index (χ1v) is 12.5. The van der Waals surface area contributed by atoms with E-state index in [0.717, 1.165) is 21.2 Å². The molecule has 7 nitrogen and oxygen atoms in total. The van der Waals surface area contributed by atoms with Gasteiger partial charge in [-0.05, 0) is 68.8 Å². The summed E-state index contributed by atoms with van der Waals surface area (Å²) in [7, 11) is -3.97. The average molecular weight is 483 g/mol. The second kappa shape index (κ2) is 11.6. The number of nitrogens with one attached hydrogen (secondary N) is 1. The summed E-state index contributed by atoms with van der Waals surface area (Å²) in [5.41, 5.74) is 2.31. The van der Waals surface area contributed by atoms with Crippen molar-refractivity contribution in [1.82, 2.24) is 5.32 Å². The summed E-state index contributed by atoms with van der Waals surface area (Å²) < 4.78 is 39.1. The van der Waals surface area contributed by atoms with Crippen molar-refractivity contribution in [2.24, 2.45) is 0 Å². The summed E-state index contributed by atoms with van der Waals surface area (Å²) in [6.45, 7) is 6.34. The predicted molar refractivity (Wildman–Crippen MR) is 133 cm³/mol. The quantitative estimate of drug-likeness (QED) is 0.416. The number of carbonyl (C=O) groups is 1. The van der Waals surface area contributed by atoms with Gasteiger partial charge in [0, 0.05) is 0 Å². The van der Waals surface area contributed by atoms with Gasteiger partial charge in [0.05, 0.1) is 23.7 Å². The zero-order chi connectivity index (χ0) is 24.6. The van der Waals surface area contributed by atoms with Crippen molar-refractivity contribution < 1.29 is 22.7 Å². The molecule has 180 valence electrons. The number of carbonyl (C=O) groups excluding carboxylic acids is 1. The van der Waals surface area contributed by atoms with Crippen LogP contribution in [0.25, 0.3) is 0 Å². The van der Waals surface area contributed by atoms with Gasteiger partial charge in [0.15, 0.2) is 0 Å². The van der Waals surface area contributed by atoms with Gasteiger partial charge in [-0.2, -0.15) is 0 Å². The summed E-state index contributed by atoms with van der Waals surface area (Å²) in [6.07, 6.45) is 0. The Bertz CT molecular complexity index is 1190. The number of ether oxygens (including phenoxy) is 2. The van der Waals surface area contributed by atoms with E-state index in [1.807, 2.05) is 45.0 Å². The molecular weight excluding hydrogens is 452 g/mol. The first-order chi connectivity index (χ1) is 16.3. The third kappa shape index (κ3) is 6.51. The molecule has 0 radical (unpaired) electrons. The maximum absolute atomic E-state index is 13.4. The number of hydrogen-bond donors (Lipinski definition) is 1. The van der Waals surface area contributed by atoms with Gasteiger partial charge >= 0.3 is 0 Å². The monoisotopic (exact) mass is 482 g/mol. The molecule has 0 heterocycles. The summed E-state index contributed by atoms with van der Waals surface area (Å²) in [5.74, 6) is 0.935. The van der Waals surface area contributed by atoms with Crippen LogP contribution in [0.15, 0.2) is 77.7 Å². The number of aryl methyl sites for hydroxylation is 2. The van der Waals surface area contributed by atoms with Crippen LogP contribution in [0.4, 0.5) is 5.69 Å². The molecule has 3 rings (SSSR count). The van der Waals surface area contributed by atoms with Gasteiger partial charge in [0.1, 0.15) is 24.7 Å². The number of amides is 1. The third-order valence-electron chi connectivity index (χ3n) is 5.11. The van der Waals surface area contributed by atoms with E-state index in [0.29, 0.717) is 18.0 Å². The molecular formula is C26H30N2O5S. The van der Waals surface area contributed by atoms with Crippen LogP contribution in [0.3, 0.4) is 0 Å². The van der Waals surface area contributed by atoms with Crippen molar-refractivity contribution in [3.63, 3.8) is 0 Å². The molecule has 3 aromatic rings. The van der Waals surface area contributed by atoms with E-state index < -0.39 is 15.9 Å². The highest BCUT2D eigenvalue weighted by Crippen LogP contribution is 2.26. The van der Waals surface area contributed by atoms with Gasteiger partial charge in [-0.3, -0.25) is 9.10 Å². The van der Waals surface area contributed by atoms with E-state index in [1.54, 1.807) is 48.5 Å². The SMILES string of the molecule is CCOc1ccc(N(CC(=O)NCCOc2ccccc2C)S(=O)(=O)c2ccc(C)cc2)cc1. The molecule has 0 saturated carbocycles. The number of rotatable bonds is 11. The lowest BCUT2D eigenvalue weighted by Crippen LogP contribution is -2.41. The molecule has 34 heavy (non-hydrogen) atoms. The minimum atomic E-state index is -3.97. The number of para-hydroxylation sites is 1. The molecule has 0 unspecified atom stereocenters. The van der Waals surface area contributed by atoms with E-state index in [4.69, 9.17) is 9.47 Å². The van der Waals surface area contributed by atoms with Crippen LogP contribution in [0.2, 0.25) is 0 Å². The van der Waals surface area contributed by atoms with Crippen molar-refractivity contribution >= 4 is 21.6 Å². The van der Waals surface area contributed by atoms with E-state index in [-0.39, 0.29) is 24.6 Å². The maximum Gasteiger partial charge on any atom is 0.264 e. The van der Waals surface area contributed by atoms with E-state index in [2.05, 4.69) is 5.32 Å². The van der Waals surface area contributed by atoms with Gasteiger partial charge in [-0.1, -0.05) is 35.9 Å². The van der Waals surface area contributed by atoms with E-state index in [1.165, 1.54) is 0 Å². The van der Waals surface area contributed by atoms with Gasteiger partial charge in [0.2, 0.25) is 5.91 Å². The van der Waals surface area contributed by atoms with Gasteiger partial charge in [-0.15, -0.1) is 0 Å².